The minimum absolute atomic E-state index is 0.697. The fraction of sp³-hybridized carbons (Fsp3) is 0.571. The first-order valence-electron chi connectivity index (χ1n) is 6.41. The van der Waals surface area contributed by atoms with Gasteiger partial charge in [-0.3, -0.25) is 0 Å². The molecular weight excluding hydrogens is 250 g/mol. The van der Waals surface area contributed by atoms with E-state index in [-0.39, 0.29) is 0 Å². The van der Waals surface area contributed by atoms with Crippen molar-refractivity contribution in [2.45, 2.75) is 19.4 Å². The van der Waals surface area contributed by atoms with Crippen molar-refractivity contribution in [3.05, 3.63) is 28.8 Å². The number of nitrogens with one attached hydrogen (secondary N) is 1. The normalized spacial score (nSPS) is 14.8. The van der Waals surface area contributed by atoms with Crippen molar-refractivity contribution in [2.75, 3.05) is 26.9 Å². The predicted octanol–water partition coefficient (Wildman–Crippen LogP) is 2.86. The highest BCUT2D eigenvalue weighted by Gasteiger charge is 2.22. The molecule has 0 radical (unpaired) electrons. The van der Waals surface area contributed by atoms with Crippen LogP contribution in [-0.2, 0) is 11.3 Å². The lowest BCUT2D eigenvalue weighted by molar-refractivity contribution is 0.199. The molecule has 1 fully saturated rings. The molecule has 4 heteroatoms. The van der Waals surface area contributed by atoms with Crippen molar-refractivity contribution in [3.63, 3.8) is 0 Å². The first-order chi connectivity index (χ1) is 8.81. The Balaban J connectivity index is 1.91. The summed E-state index contributed by atoms with van der Waals surface area (Å²) in [5.41, 5.74) is 1.04. The van der Waals surface area contributed by atoms with Gasteiger partial charge >= 0.3 is 0 Å². The number of rotatable bonds is 8. The molecule has 0 atom stereocenters. The standard InChI is InChI=1S/C14H20ClNO2/c1-17-8-7-16-9-12-13(15)3-2-4-14(12)18-10-11-5-6-11/h2-4,11,16H,5-10H2,1H3. The second-order valence-corrected chi connectivity index (χ2v) is 5.05. The van der Waals surface area contributed by atoms with Crippen molar-refractivity contribution in [3.8, 4) is 5.75 Å². The van der Waals surface area contributed by atoms with Gasteiger partial charge in [0.15, 0.2) is 0 Å². The van der Waals surface area contributed by atoms with Crippen LogP contribution in [0, 0.1) is 5.92 Å². The maximum atomic E-state index is 6.22. The Bertz CT molecular complexity index is 380. The second-order valence-electron chi connectivity index (χ2n) is 4.64. The summed E-state index contributed by atoms with van der Waals surface area (Å²) in [6.45, 7) is 3.03. The van der Waals surface area contributed by atoms with Gasteiger partial charge in [0.2, 0.25) is 0 Å². The molecule has 18 heavy (non-hydrogen) atoms. The maximum Gasteiger partial charge on any atom is 0.125 e. The topological polar surface area (TPSA) is 30.5 Å². The van der Waals surface area contributed by atoms with Crippen molar-refractivity contribution < 1.29 is 9.47 Å². The quantitative estimate of drug-likeness (QED) is 0.736. The minimum atomic E-state index is 0.697. The van der Waals surface area contributed by atoms with E-state index in [1.165, 1.54) is 12.8 Å². The van der Waals surface area contributed by atoms with Crippen LogP contribution in [0.1, 0.15) is 18.4 Å². The van der Waals surface area contributed by atoms with Crippen LogP contribution in [0.3, 0.4) is 0 Å². The first kappa shape index (κ1) is 13.7. The van der Waals surface area contributed by atoms with E-state index in [4.69, 9.17) is 21.1 Å². The van der Waals surface area contributed by atoms with E-state index in [2.05, 4.69) is 5.32 Å². The van der Waals surface area contributed by atoms with Gasteiger partial charge in [-0.15, -0.1) is 0 Å². The van der Waals surface area contributed by atoms with E-state index >= 15 is 0 Å². The van der Waals surface area contributed by atoms with Gasteiger partial charge in [0.1, 0.15) is 5.75 Å². The maximum absolute atomic E-state index is 6.22. The third-order valence-electron chi connectivity index (χ3n) is 3.03. The highest BCUT2D eigenvalue weighted by molar-refractivity contribution is 6.31. The average molecular weight is 270 g/mol. The van der Waals surface area contributed by atoms with Crippen LogP contribution >= 0.6 is 11.6 Å². The van der Waals surface area contributed by atoms with Crippen molar-refractivity contribution in [1.29, 1.82) is 0 Å². The largest absolute Gasteiger partial charge is 0.493 e. The second kappa shape index (κ2) is 6.98. The van der Waals surface area contributed by atoms with Gasteiger partial charge in [0, 0.05) is 30.8 Å². The smallest absolute Gasteiger partial charge is 0.125 e. The molecule has 1 aromatic carbocycles. The number of methoxy groups -OCH3 is 1. The van der Waals surface area contributed by atoms with E-state index in [0.29, 0.717) is 13.2 Å². The molecule has 100 valence electrons. The van der Waals surface area contributed by atoms with Crippen LogP contribution in [0.25, 0.3) is 0 Å². The van der Waals surface area contributed by atoms with Gasteiger partial charge in [-0.25, -0.2) is 0 Å². The zero-order valence-electron chi connectivity index (χ0n) is 10.7. The molecule has 0 aliphatic heterocycles. The van der Waals surface area contributed by atoms with Gasteiger partial charge in [-0.2, -0.15) is 0 Å². The number of halogens is 1. The summed E-state index contributed by atoms with van der Waals surface area (Å²) in [6, 6.07) is 5.82. The van der Waals surface area contributed by atoms with Crippen LogP contribution in [0.5, 0.6) is 5.75 Å². The molecule has 0 amide bonds. The molecule has 0 unspecified atom stereocenters. The number of hydrogen-bond donors (Lipinski definition) is 1. The summed E-state index contributed by atoms with van der Waals surface area (Å²) < 4.78 is 10.8. The molecule has 0 heterocycles. The SMILES string of the molecule is COCCNCc1c(Cl)cccc1OCC1CC1. The number of hydrogen-bond acceptors (Lipinski definition) is 3. The lowest BCUT2D eigenvalue weighted by Crippen LogP contribution is -2.19. The lowest BCUT2D eigenvalue weighted by atomic mass is 10.2. The van der Waals surface area contributed by atoms with Crippen molar-refractivity contribution >= 4 is 11.6 Å². The zero-order chi connectivity index (χ0) is 12.8. The number of ether oxygens (including phenoxy) is 2. The Labute approximate surface area is 113 Å². The van der Waals surface area contributed by atoms with Gasteiger partial charge in [0.05, 0.1) is 13.2 Å². The van der Waals surface area contributed by atoms with Gasteiger partial charge < -0.3 is 14.8 Å². The van der Waals surface area contributed by atoms with Crippen molar-refractivity contribution in [1.82, 2.24) is 5.32 Å². The van der Waals surface area contributed by atoms with Gasteiger partial charge in [-0.05, 0) is 30.9 Å². The third kappa shape index (κ3) is 4.16. The molecule has 0 saturated heterocycles. The summed E-state index contributed by atoms with van der Waals surface area (Å²) in [5.74, 6) is 1.65. The Morgan fingerprint density at radius 2 is 2.22 bits per heavy atom. The molecule has 1 aliphatic carbocycles. The minimum Gasteiger partial charge on any atom is -0.493 e. The van der Waals surface area contributed by atoms with Gasteiger partial charge in [-0.1, -0.05) is 17.7 Å². The monoisotopic (exact) mass is 269 g/mol. The molecule has 0 spiro atoms. The first-order valence-corrected chi connectivity index (χ1v) is 6.79. The highest BCUT2D eigenvalue weighted by atomic mass is 35.5. The Morgan fingerprint density at radius 1 is 1.39 bits per heavy atom. The van der Waals surface area contributed by atoms with Gasteiger partial charge in [0.25, 0.3) is 0 Å². The number of benzene rings is 1. The van der Waals surface area contributed by atoms with Crippen molar-refractivity contribution in [2.24, 2.45) is 5.92 Å². The lowest BCUT2D eigenvalue weighted by Gasteiger charge is -2.13. The molecule has 1 saturated carbocycles. The van der Waals surface area contributed by atoms with Crippen LogP contribution in [-0.4, -0.2) is 26.9 Å². The summed E-state index contributed by atoms with van der Waals surface area (Å²) in [7, 11) is 1.70. The van der Waals surface area contributed by atoms with Crippen LogP contribution in [0.15, 0.2) is 18.2 Å². The van der Waals surface area contributed by atoms with Crippen LogP contribution in [0.2, 0.25) is 5.02 Å². The molecule has 1 aromatic rings. The molecule has 0 bridgehead atoms. The average Bonchev–Trinajstić information content (AvgIpc) is 3.18. The molecule has 2 rings (SSSR count). The van der Waals surface area contributed by atoms with E-state index in [1.807, 2.05) is 18.2 Å². The Kier molecular flexibility index (Phi) is 5.29. The zero-order valence-corrected chi connectivity index (χ0v) is 11.5. The summed E-state index contributed by atoms with van der Waals surface area (Å²) in [6.07, 6.45) is 2.59. The van der Waals surface area contributed by atoms with Crippen LogP contribution < -0.4 is 10.1 Å². The molecule has 1 aliphatic rings. The van der Waals surface area contributed by atoms with E-state index < -0.39 is 0 Å². The fourth-order valence-electron chi connectivity index (χ4n) is 1.73. The Morgan fingerprint density at radius 3 is 2.94 bits per heavy atom. The highest BCUT2D eigenvalue weighted by Crippen LogP contribution is 2.32. The van der Waals surface area contributed by atoms with Crippen LogP contribution in [0.4, 0.5) is 0 Å². The molecule has 0 aromatic heterocycles. The molecule has 1 N–H and O–H groups in total. The van der Waals surface area contributed by atoms with E-state index in [1.54, 1.807) is 7.11 Å². The third-order valence-corrected chi connectivity index (χ3v) is 3.39. The molecular formula is C14H20ClNO2. The Hall–Kier alpha value is -0.770. The fourth-order valence-corrected chi connectivity index (χ4v) is 1.96. The molecule has 3 nitrogen and oxygen atoms in total. The van der Waals surface area contributed by atoms with E-state index in [9.17, 15) is 0 Å². The summed E-state index contributed by atoms with van der Waals surface area (Å²) in [5, 5.41) is 4.06. The summed E-state index contributed by atoms with van der Waals surface area (Å²) >= 11 is 6.22. The predicted molar refractivity (Wildman–Crippen MR) is 73.3 cm³/mol. The van der Waals surface area contributed by atoms with E-state index in [0.717, 1.165) is 35.4 Å². The summed E-state index contributed by atoms with van der Waals surface area (Å²) in [4.78, 5) is 0.